The predicted octanol–water partition coefficient (Wildman–Crippen LogP) is 3.52. The molecule has 0 aliphatic carbocycles. The summed E-state index contributed by atoms with van der Waals surface area (Å²) >= 11 is 3.48. The lowest BCUT2D eigenvalue weighted by molar-refractivity contribution is 0.206. The number of hydrogen-bond acceptors (Lipinski definition) is 5. The number of para-hydroxylation sites is 1. The van der Waals surface area contributed by atoms with Crippen molar-refractivity contribution in [2.24, 2.45) is 5.10 Å². The Morgan fingerprint density at radius 2 is 2.04 bits per heavy atom. The van der Waals surface area contributed by atoms with Crippen molar-refractivity contribution in [2.75, 3.05) is 7.11 Å². The molecule has 0 aliphatic rings. The molecular formula is C20H20BrN3O4. The van der Waals surface area contributed by atoms with Gasteiger partial charge in [0.15, 0.2) is 11.5 Å². The van der Waals surface area contributed by atoms with Crippen molar-refractivity contribution in [3.8, 4) is 11.5 Å². The number of aromatic amines is 1. The zero-order valence-electron chi connectivity index (χ0n) is 15.7. The molecule has 0 bridgehead atoms. The van der Waals surface area contributed by atoms with Crippen molar-refractivity contribution in [1.82, 2.24) is 9.66 Å². The summed E-state index contributed by atoms with van der Waals surface area (Å²) in [4.78, 5) is 27.4. The number of nitrogens with zero attached hydrogens (tertiary/aromatic N) is 2. The third kappa shape index (κ3) is 4.01. The lowest BCUT2D eigenvalue weighted by Gasteiger charge is -2.17. The van der Waals surface area contributed by atoms with E-state index in [9.17, 15) is 9.59 Å². The van der Waals surface area contributed by atoms with Crippen LogP contribution in [0.15, 0.2) is 55.6 Å². The van der Waals surface area contributed by atoms with Crippen molar-refractivity contribution in [2.45, 2.75) is 26.4 Å². The highest BCUT2D eigenvalue weighted by molar-refractivity contribution is 9.10. The monoisotopic (exact) mass is 445 g/mol. The minimum atomic E-state index is -0.609. The number of nitrogens with one attached hydrogen (secondary N) is 1. The highest BCUT2D eigenvalue weighted by Gasteiger charge is 2.14. The van der Waals surface area contributed by atoms with Gasteiger partial charge in [-0.05, 0) is 59.1 Å². The first-order chi connectivity index (χ1) is 13.4. The van der Waals surface area contributed by atoms with Gasteiger partial charge in [-0.2, -0.15) is 5.10 Å². The summed E-state index contributed by atoms with van der Waals surface area (Å²) in [5, 5.41) is 4.45. The first-order valence-electron chi connectivity index (χ1n) is 8.77. The van der Waals surface area contributed by atoms with Crippen LogP contribution in [0.4, 0.5) is 0 Å². The maximum absolute atomic E-state index is 12.5. The third-order valence-corrected chi connectivity index (χ3v) is 4.84. The van der Waals surface area contributed by atoms with E-state index >= 15 is 0 Å². The summed E-state index contributed by atoms with van der Waals surface area (Å²) in [7, 11) is 1.55. The average Bonchev–Trinajstić information content (AvgIpc) is 2.69. The van der Waals surface area contributed by atoms with Gasteiger partial charge < -0.3 is 14.5 Å². The molecule has 3 rings (SSSR count). The lowest BCUT2D eigenvalue weighted by Crippen LogP contribution is -2.32. The molecule has 28 heavy (non-hydrogen) atoms. The smallest absolute Gasteiger partial charge is 0.349 e. The number of fused-ring (bicyclic) bond motifs is 1. The van der Waals surface area contributed by atoms with Gasteiger partial charge in [0.25, 0.3) is 5.56 Å². The second-order valence-electron chi connectivity index (χ2n) is 6.21. The number of ether oxygens (including phenoxy) is 2. The summed E-state index contributed by atoms with van der Waals surface area (Å²) in [5.74, 6) is 1.12. The van der Waals surface area contributed by atoms with E-state index in [0.717, 1.165) is 11.1 Å². The van der Waals surface area contributed by atoms with Crippen LogP contribution in [0.3, 0.4) is 0 Å². The molecule has 146 valence electrons. The summed E-state index contributed by atoms with van der Waals surface area (Å²) < 4.78 is 12.8. The molecule has 0 saturated carbocycles. The molecule has 1 atom stereocenters. The van der Waals surface area contributed by atoms with Gasteiger partial charge >= 0.3 is 5.69 Å². The van der Waals surface area contributed by atoms with E-state index in [1.54, 1.807) is 43.5 Å². The van der Waals surface area contributed by atoms with E-state index in [1.807, 2.05) is 13.8 Å². The van der Waals surface area contributed by atoms with E-state index in [2.05, 4.69) is 26.0 Å². The van der Waals surface area contributed by atoms with Crippen LogP contribution in [0.5, 0.6) is 11.5 Å². The Balaban J connectivity index is 2.01. The van der Waals surface area contributed by atoms with Gasteiger partial charge in [0.05, 0.1) is 34.8 Å². The number of benzene rings is 2. The Kier molecular flexibility index (Phi) is 5.99. The van der Waals surface area contributed by atoms with Crippen molar-refractivity contribution in [3.63, 3.8) is 0 Å². The number of rotatable bonds is 6. The summed E-state index contributed by atoms with van der Waals surface area (Å²) in [6.07, 6.45) is 2.30. The van der Waals surface area contributed by atoms with Crippen LogP contribution >= 0.6 is 15.9 Å². The standard InChI is InChI=1S/C20H20BrN3O4/c1-4-12(2)28-18-15(21)9-13(10-17(18)27-3)11-22-24-19(25)14-7-5-6-8-16(14)23-20(24)26/h5-12H,4H2,1-3H3,(H,23,26)/t12-/m1/s1. The molecule has 8 heteroatoms. The number of H-pyrrole nitrogens is 1. The van der Waals surface area contributed by atoms with Crippen LogP contribution in [-0.4, -0.2) is 29.1 Å². The van der Waals surface area contributed by atoms with Crippen molar-refractivity contribution in [1.29, 1.82) is 0 Å². The topological polar surface area (TPSA) is 85.7 Å². The molecule has 2 aromatic carbocycles. The van der Waals surface area contributed by atoms with Crippen LogP contribution in [0, 0.1) is 0 Å². The fourth-order valence-corrected chi connectivity index (χ4v) is 3.15. The highest BCUT2D eigenvalue weighted by atomic mass is 79.9. The molecule has 0 spiro atoms. The quantitative estimate of drug-likeness (QED) is 0.588. The van der Waals surface area contributed by atoms with E-state index in [-0.39, 0.29) is 6.10 Å². The van der Waals surface area contributed by atoms with E-state index in [1.165, 1.54) is 6.21 Å². The summed E-state index contributed by atoms with van der Waals surface area (Å²) in [6, 6.07) is 10.3. The Hall–Kier alpha value is -2.87. The van der Waals surface area contributed by atoms with E-state index < -0.39 is 11.2 Å². The Labute approximate surface area is 169 Å². The number of aromatic nitrogens is 2. The minimum Gasteiger partial charge on any atom is -0.493 e. The second-order valence-corrected chi connectivity index (χ2v) is 7.06. The molecule has 0 amide bonds. The van der Waals surface area contributed by atoms with Crippen LogP contribution in [0.1, 0.15) is 25.8 Å². The average molecular weight is 446 g/mol. The van der Waals surface area contributed by atoms with Crippen molar-refractivity contribution < 1.29 is 9.47 Å². The summed E-state index contributed by atoms with van der Waals surface area (Å²) in [5.41, 5.74) is 0.0145. The maximum atomic E-state index is 12.5. The Morgan fingerprint density at radius 1 is 1.29 bits per heavy atom. The van der Waals surface area contributed by atoms with Crippen LogP contribution in [0.2, 0.25) is 0 Å². The molecule has 1 aromatic heterocycles. The SMILES string of the molecule is CC[C@@H](C)Oc1c(Br)cc(C=Nn2c(=O)[nH]c3ccccc3c2=O)cc1OC. The first-order valence-corrected chi connectivity index (χ1v) is 9.56. The molecule has 1 heterocycles. The largest absolute Gasteiger partial charge is 0.493 e. The van der Waals surface area contributed by atoms with Gasteiger partial charge in [0.2, 0.25) is 0 Å². The van der Waals surface area contributed by atoms with Crippen LogP contribution in [-0.2, 0) is 0 Å². The van der Waals surface area contributed by atoms with Gasteiger partial charge in [-0.25, -0.2) is 4.79 Å². The Bertz CT molecular complexity index is 1150. The highest BCUT2D eigenvalue weighted by Crippen LogP contribution is 2.37. The minimum absolute atomic E-state index is 0.0273. The number of methoxy groups -OCH3 is 1. The molecule has 0 aliphatic heterocycles. The van der Waals surface area contributed by atoms with Gasteiger partial charge in [-0.1, -0.05) is 19.1 Å². The van der Waals surface area contributed by atoms with Crippen molar-refractivity contribution in [3.05, 3.63) is 67.3 Å². The molecule has 0 unspecified atom stereocenters. The molecule has 0 radical (unpaired) electrons. The Morgan fingerprint density at radius 3 is 2.75 bits per heavy atom. The van der Waals surface area contributed by atoms with Gasteiger partial charge in [-0.15, -0.1) is 4.68 Å². The molecule has 7 nitrogen and oxygen atoms in total. The maximum Gasteiger partial charge on any atom is 0.349 e. The molecule has 0 saturated heterocycles. The summed E-state index contributed by atoms with van der Waals surface area (Å²) in [6.45, 7) is 4.00. The van der Waals surface area contributed by atoms with Crippen LogP contribution in [0.25, 0.3) is 10.9 Å². The number of halogens is 1. The zero-order chi connectivity index (χ0) is 20.3. The van der Waals surface area contributed by atoms with Gasteiger partial charge in [-0.3, -0.25) is 4.79 Å². The zero-order valence-corrected chi connectivity index (χ0v) is 17.3. The fourth-order valence-electron chi connectivity index (χ4n) is 2.60. The molecule has 0 fully saturated rings. The fraction of sp³-hybridized carbons (Fsp3) is 0.250. The molecular weight excluding hydrogens is 426 g/mol. The van der Waals surface area contributed by atoms with Crippen LogP contribution < -0.4 is 20.7 Å². The van der Waals surface area contributed by atoms with Gasteiger partial charge in [0, 0.05) is 0 Å². The number of hydrogen-bond donors (Lipinski definition) is 1. The predicted molar refractivity (Wildman–Crippen MR) is 113 cm³/mol. The lowest BCUT2D eigenvalue weighted by atomic mass is 10.2. The molecule has 3 aromatic rings. The van der Waals surface area contributed by atoms with E-state index in [0.29, 0.717) is 32.4 Å². The second kappa shape index (κ2) is 8.43. The normalized spacial score (nSPS) is 12.4. The first kappa shape index (κ1) is 19.9. The molecule has 1 N–H and O–H groups in total. The van der Waals surface area contributed by atoms with Gasteiger partial charge in [0.1, 0.15) is 0 Å². The van der Waals surface area contributed by atoms with E-state index in [4.69, 9.17) is 9.47 Å². The van der Waals surface area contributed by atoms with Crippen molar-refractivity contribution >= 4 is 33.0 Å². The third-order valence-electron chi connectivity index (χ3n) is 4.25.